The van der Waals surface area contributed by atoms with Crippen LogP contribution in [0.15, 0.2) is 16.6 Å². The predicted octanol–water partition coefficient (Wildman–Crippen LogP) is 2.82. The van der Waals surface area contributed by atoms with E-state index in [0.29, 0.717) is 21.6 Å². The molecular weight excluding hydrogens is 358 g/mol. The van der Waals surface area contributed by atoms with Crippen molar-refractivity contribution in [3.63, 3.8) is 0 Å². The van der Waals surface area contributed by atoms with Gasteiger partial charge in [0.2, 0.25) is 11.1 Å². The third kappa shape index (κ3) is 4.60. The molecule has 0 saturated heterocycles. The molecule has 2 aromatic heterocycles. The van der Waals surface area contributed by atoms with Gasteiger partial charge in [0.25, 0.3) is 5.91 Å². The number of anilines is 1. The topological polar surface area (TPSA) is 114 Å². The number of aromatic amines is 1. The van der Waals surface area contributed by atoms with Crippen LogP contribution < -0.4 is 11.1 Å². The summed E-state index contributed by atoms with van der Waals surface area (Å²) in [5, 5.41) is 12.3. The molecule has 0 unspecified atom stereocenters. The third-order valence-corrected chi connectivity index (χ3v) is 6.08. The van der Waals surface area contributed by atoms with Gasteiger partial charge in [-0.2, -0.15) is 0 Å². The zero-order chi connectivity index (χ0) is 17.8. The lowest BCUT2D eigenvalue weighted by molar-refractivity contribution is -0.115. The molecule has 2 amide bonds. The Kier molecular flexibility index (Phi) is 5.74. The van der Waals surface area contributed by atoms with Gasteiger partial charge in [0.15, 0.2) is 0 Å². The number of H-pyrrole nitrogens is 1. The lowest BCUT2D eigenvalue weighted by Gasteiger charge is -2.09. The molecule has 0 aromatic carbocycles. The Labute approximate surface area is 154 Å². The number of carbonyl (C=O) groups excluding carboxylic acids is 2. The maximum atomic E-state index is 12.3. The van der Waals surface area contributed by atoms with E-state index in [-0.39, 0.29) is 5.91 Å². The van der Waals surface area contributed by atoms with Gasteiger partial charge in [0.1, 0.15) is 10.8 Å². The van der Waals surface area contributed by atoms with E-state index in [2.05, 4.69) is 20.5 Å². The van der Waals surface area contributed by atoms with Crippen molar-refractivity contribution in [2.75, 3.05) is 5.32 Å². The van der Waals surface area contributed by atoms with Crippen LogP contribution in [0.2, 0.25) is 0 Å². The summed E-state index contributed by atoms with van der Waals surface area (Å²) >= 11 is 2.56. The van der Waals surface area contributed by atoms with E-state index in [9.17, 15) is 9.59 Å². The highest BCUT2D eigenvalue weighted by Crippen LogP contribution is 2.28. The normalized spacial score (nSPS) is 16.0. The molecule has 0 radical (unpaired) electrons. The number of thioether (sulfide) groups is 1. The lowest BCUT2D eigenvalue weighted by atomic mass is 10.0. The average Bonchev–Trinajstić information content (AvgIpc) is 3.30. The zero-order valence-electron chi connectivity index (χ0n) is 13.9. The van der Waals surface area contributed by atoms with Gasteiger partial charge < -0.3 is 11.1 Å². The van der Waals surface area contributed by atoms with Gasteiger partial charge in [-0.25, -0.2) is 4.98 Å². The smallest absolute Gasteiger partial charge is 0.251 e. The summed E-state index contributed by atoms with van der Waals surface area (Å²) in [7, 11) is 0. The molecule has 0 spiro atoms. The minimum absolute atomic E-state index is 0.211. The van der Waals surface area contributed by atoms with Crippen molar-refractivity contribution in [2.24, 2.45) is 11.7 Å². The van der Waals surface area contributed by atoms with Crippen LogP contribution in [-0.4, -0.2) is 32.2 Å². The highest BCUT2D eigenvalue weighted by molar-refractivity contribution is 8.00. The molecule has 2 heterocycles. The highest BCUT2D eigenvalue weighted by atomic mass is 32.2. The number of thiophene rings is 1. The summed E-state index contributed by atoms with van der Waals surface area (Å²) in [5.41, 5.74) is 5.62. The number of nitrogens with zero attached hydrogens (tertiary/aromatic N) is 2. The molecule has 4 N–H and O–H groups in total. The third-order valence-electron chi connectivity index (χ3n) is 4.29. The summed E-state index contributed by atoms with van der Waals surface area (Å²) in [6.45, 7) is 1.78. The highest BCUT2D eigenvalue weighted by Gasteiger charge is 2.21. The molecule has 134 valence electrons. The summed E-state index contributed by atoms with van der Waals surface area (Å²) in [4.78, 5) is 28.1. The van der Waals surface area contributed by atoms with Crippen LogP contribution in [-0.2, 0) is 11.2 Å². The quantitative estimate of drug-likeness (QED) is 0.640. The molecule has 1 aliphatic carbocycles. The number of nitrogens with two attached hydrogens (primary N) is 1. The van der Waals surface area contributed by atoms with E-state index in [1.807, 2.05) is 0 Å². The van der Waals surface area contributed by atoms with Crippen LogP contribution in [0.1, 0.15) is 48.8 Å². The Hall–Kier alpha value is -1.87. The molecule has 0 bridgehead atoms. The van der Waals surface area contributed by atoms with E-state index in [0.717, 1.165) is 12.2 Å². The standard InChI is InChI=1S/C16H21N5O2S2/c1-9(14(23)19-15-11(13(17)22)6-7-24-15)25-16-18-12(20-21-16)8-10-4-2-3-5-10/h6-7,9-10H,2-5,8H2,1H3,(H2,17,22)(H,19,23)(H,18,20,21)/t9-/m0/s1. The SMILES string of the molecule is C[C@H](Sc1n[nH]c(CC2CCCC2)n1)C(=O)Nc1sccc1C(N)=O. The molecule has 1 saturated carbocycles. The number of hydrogen-bond donors (Lipinski definition) is 3. The fraction of sp³-hybridized carbons (Fsp3) is 0.500. The van der Waals surface area contributed by atoms with Crippen LogP contribution in [0, 0.1) is 5.92 Å². The minimum Gasteiger partial charge on any atom is -0.366 e. The van der Waals surface area contributed by atoms with Crippen molar-refractivity contribution in [3.8, 4) is 0 Å². The number of hydrogen-bond acceptors (Lipinski definition) is 6. The Morgan fingerprint density at radius 3 is 2.96 bits per heavy atom. The monoisotopic (exact) mass is 379 g/mol. The van der Waals surface area contributed by atoms with Gasteiger partial charge in [-0.1, -0.05) is 37.4 Å². The number of amides is 2. The average molecular weight is 380 g/mol. The van der Waals surface area contributed by atoms with E-state index in [1.54, 1.807) is 18.4 Å². The fourth-order valence-corrected chi connectivity index (χ4v) is 4.47. The van der Waals surface area contributed by atoms with Crippen LogP contribution in [0.25, 0.3) is 0 Å². The van der Waals surface area contributed by atoms with E-state index >= 15 is 0 Å². The Balaban J connectivity index is 1.55. The summed E-state index contributed by atoms with van der Waals surface area (Å²) < 4.78 is 0. The van der Waals surface area contributed by atoms with Crippen LogP contribution in [0.4, 0.5) is 5.00 Å². The van der Waals surface area contributed by atoms with Gasteiger partial charge in [-0.15, -0.1) is 16.4 Å². The van der Waals surface area contributed by atoms with Gasteiger partial charge in [0.05, 0.1) is 10.8 Å². The second-order valence-electron chi connectivity index (χ2n) is 6.20. The number of nitrogens with one attached hydrogen (secondary N) is 2. The Bertz CT molecular complexity index is 751. The van der Waals surface area contributed by atoms with Crippen molar-refractivity contribution < 1.29 is 9.59 Å². The van der Waals surface area contributed by atoms with E-state index < -0.39 is 11.2 Å². The molecule has 9 heteroatoms. The van der Waals surface area contributed by atoms with Gasteiger partial charge >= 0.3 is 0 Å². The van der Waals surface area contributed by atoms with Crippen molar-refractivity contribution in [3.05, 3.63) is 22.8 Å². The van der Waals surface area contributed by atoms with Gasteiger partial charge in [-0.3, -0.25) is 14.7 Å². The Morgan fingerprint density at radius 2 is 2.24 bits per heavy atom. The van der Waals surface area contributed by atoms with Crippen LogP contribution >= 0.6 is 23.1 Å². The molecule has 0 aliphatic heterocycles. The number of aromatic nitrogens is 3. The molecule has 1 atom stereocenters. The number of rotatable bonds is 7. The molecule has 7 nitrogen and oxygen atoms in total. The molecule has 25 heavy (non-hydrogen) atoms. The largest absolute Gasteiger partial charge is 0.366 e. The van der Waals surface area contributed by atoms with E-state index in [1.165, 1.54) is 48.8 Å². The van der Waals surface area contributed by atoms with Gasteiger partial charge in [0, 0.05) is 6.42 Å². The molecule has 1 fully saturated rings. The molecule has 1 aliphatic rings. The molecule has 3 rings (SSSR count). The number of primary amides is 1. The summed E-state index contributed by atoms with van der Waals surface area (Å²) in [6.07, 6.45) is 6.03. The zero-order valence-corrected chi connectivity index (χ0v) is 15.6. The first kappa shape index (κ1) is 17.9. The van der Waals surface area contributed by atoms with Crippen LogP contribution in [0.5, 0.6) is 0 Å². The predicted molar refractivity (Wildman–Crippen MR) is 98.8 cm³/mol. The van der Waals surface area contributed by atoms with Crippen LogP contribution in [0.3, 0.4) is 0 Å². The summed E-state index contributed by atoms with van der Waals surface area (Å²) in [5.74, 6) is 0.813. The van der Waals surface area contributed by atoms with Crippen molar-refractivity contribution in [2.45, 2.75) is 49.4 Å². The fourth-order valence-electron chi connectivity index (χ4n) is 2.93. The minimum atomic E-state index is -0.553. The lowest BCUT2D eigenvalue weighted by Crippen LogP contribution is -2.23. The van der Waals surface area contributed by atoms with Crippen molar-refractivity contribution >= 4 is 39.9 Å². The first-order valence-corrected chi connectivity index (χ1v) is 10.0. The Morgan fingerprint density at radius 1 is 1.48 bits per heavy atom. The maximum absolute atomic E-state index is 12.3. The first-order valence-electron chi connectivity index (χ1n) is 8.29. The van der Waals surface area contributed by atoms with Crippen molar-refractivity contribution in [1.82, 2.24) is 15.2 Å². The van der Waals surface area contributed by atoms with Gasteiger partial charge in [-0.05, 0) is 24.3 Å². The van der Waals surface area contributed by atoms with E-state index in [4.69, 9.17) is 5.73 Å². The van der Waals surface area contributed by atoms with Crippen molar-refractivity contribution in [1.29, 1.82) is 0 Å². The first-order chi connectivity index (χ1) is 12.0. The maximum Gasteiger partial charge on any atom is 0.251 e. The molecule has 2 aromatic rings. The molecular formula is C16H21N5O2S2. The second-order valence-corrected chi connectivity index (χ2v) is 8.42. The number of carbonyl (C=O) groups is 2. The summed E-state index contributed by atoms with van der Waals surface area (Å²) in [6, 6.07) is 1.60. The second kappa shape index (κ2) is 8.01.